The van der Waals surface area contributed by atoms with E-state index in [1.165, 1.54) is 26.4 Å². The maximum atomic E-state index is 15.0. The van der Waals surface area contributed by atoms with Gasteiger partial charge in [-0.3, -0.25) is 20.1 Å². The maximum absolute atomic E-state index is 15.0. The monoisotopic (exact) mass is 465 g/mol. The molecule has 0 aliphatic heterocycles. The summed E-state index contributed by atoms with van der Waals surface area (Å²) in [6, 6.07) is 6.96. The Morgan fingerprint density at radius 2 is 1.97 bits per heavy atom. The second-order valence-corrected chi connectivity index (χ2v) is 8.05. The second-order valence-electron chi connectivity index (χ2n) is 7.11. The molecular formula is C22H16FN5O4S. The highest BCUT2D eigenvalue weighted by Crippen LogP contribution is 2.37. The summed E-state index contributed by atoms with van der Waals surface area (Å²) in [5, 5.41) is 11.0. The van der Waals surface area contributed by atoms with Crippen molar-refractivity contribution in [3.63, 3.8) is 0 Å². The van der Waals surface area contributed by atoms with Gasteiger partial charge in [0.2, 0.25) is 5.13 Å². The van der Waals surface area contributed by atoms with Crippen LogP contribution >= 0.6 is 11.3 Å². The molecule has 1 N–H and O–H groups in total. The third-order valence-electron chi connectivity index (χ3n) is 4.90. The number of aryl methyl sites for hydroxylation is 2. The number of hydrogen-bond acceptors (Lipinski definition) is 9. The Kier molecular flexibility index (Phi) is 5.09. The molecule has 0 aromatic carbocycles. The van der Waals surface area contributed by atoms with Crippen molar-refractivity contribution in [3.05, 3.63) is 59.4 Å². The van der Waals surface area contributed by atoms with Crippen LogP contribution in [0.2, 0.25) is 0 Å². The molecule has 11 heteroatoms. The van der Waals surface area contributed by atoms with E-state index in [-0.39, 0.29) is 32.9 Å². The highest BCUT2D eigenvalue weighted by atomic mass is 32.1. The van der Waals surface area contributed by atoms with E-state index >= 15 is 4.39 Å². The number of amides is 1. The average molecular weight is 465 g/mol. The van der Waals surface area contributed by atoms with Crippen LogP contribution in [0.1, 0.15) is 21.7 Å². The smallest absolute Gasteiger partial charge is 0.301 e. The summed E-state index contributed by atoms with van der Waals surface area (Å²) in [6.07, 6.45) is 2.80. The number of fused-ring (bicyclic) bond motifs is 2. The number of nitrogens with one attached hydrogen (secondary N) is 1. The number of benzene rings is 1. The summed E-state index contributed by atoms with van der Waals surface area (Å²) in [7, 11) is 1.41. The van der Waals surface area contributed by atoms with Crippen LogP contribution in [0.5, 0.6) is 16.7 Å². The molecule has 0 atom stereocenters. The number of halogens is 1. The van der Waals surface area contributed by atoms with Crippen molar-refractivity contribution in [1.82, 2.24) is 20.2 Å². The first-order chi connectivity index (χ1) is 15.9. The van der Waals surface area contributed by atoms with Crippen LogP contribution in [-0.4, -0.2) is 33.2 Å². The van der Waals surface area contributed by atoms with Crippen LogP contribution in [0.15, 0.2) is 41.1 Å². The van der Waals surface area contributed by atoms with Crippen molar-refractivity contribution in [2.24, 2.45) is 0 Å². The molecule has 9 nitrogen and oxygen atoms in total. The van der Waals surface area contributed by atoms with Crippen LogP contribution in [0, 0.1) is 19.7 Å². The lowest BCUT2D eigenvalue weighted by Crippen LogP contribution is -2.14. The number of carbonyl (C=O) groups excluding carboxylic acids is 1. The zero-order valence-corrected chi connectivity index (χ0v) is 18.5. The number of aromatic nitrogens is 4. The number of methoxy groups -OCH3 is 1. The molecule has 5 heterocycles. The topological polar surface area (TPSA) is 112 Å². The lowest BCUT2D eigenvalue weighted by molar-refractivity contribution is 0.102. The molecule has 0 unspecified atom stereocenters. The number of ether oxygens (including phenoxy) is 2. The van der Waals surface area contributed by atoms with E-state index in [2.05, 4.69) is 25.5 Å². The normalized spacial score (nSPS) is 11.2. The van der Waals surface area contributed by atoms with Crippen molar-refractivity contribution >= 4 is 33.5 Å². The maximum Gasteiger partial charge on any atom is 0.301 e. The Bertz CT molecular complexity index is 1480. The summed E-state index contributed by atoms with van der Waals surface area (Å²) >= 11 is 1.04. The van der Waals surface area contributed by atoms with Gasteiger partial charge in [-0.1, -0.05) is 5.10 Å². The predicted octanol–water partition coefficient (Wildman–Crippen LogP) is 4.99. The first-order valence-electron chi connectivity index (χ1n) is 9.73. The van der Waals surface area contributed by atoms with Crippen molar-refractivity contribution in [1.29, 1.82) is 0 Å². The van der Waals surface area contributed by atoms with Crippen LogP contribution < -0.4 is 14.8 Å². The Morgan fingerprint density at radius 1 is 1.12 bits per heavy atom. The third kappa shape index (κ3) is 3.82. The van der Waals surface area contributed by atoms with Gasteiger partial charge in [-0.05, 0) is 43.4 Å². The van der Waals surface area contributed by atoms with Gasteiger partial charge in [0.15, 0.2) is 17.1 Å². The van der Waals surface area contributed by atoms with E-state index in [1.807, 2.05) is 6.07 Å². The number of rotatable bonds is 6. The van der Waals surface area contributed by atoms with E-state index in [0.717, 1.165) is 11.3 Å². The van der Waals surface area contributed by atoms with Crippen LogP contribution in [0.3, 0.4) is 0 Å². The number of anilines is 1. The van der Waals surface area contributed by atoms with Gasteiger partial charge in [-0.25, -0.2) is 4.39 Å². The molecule has 5 rings (SSSR count). The largest absolute Gasteiger partial charge is 0.494 e. The number of hydrogen-bond donors (Lipinski definition) is 1. The first-order valence-corrected chi connectivity index (χ1v) is 10.6. The molecule has 1 amide bonds. The molecule has 0 aliphatic carbocycles. The molecule has 0 saturated carbocycles. The van der Waals surface area contributed by atoms with E-state index in [1.54, 1.807) is 25.1 Å². The molecule has 2 bridgehead atoms. The Labute approximate surface area is 190 Å². The van der Waals surface area contributed by atoms with Crippen molar-refractivity contribution < 1.29 is 23.1 Å². The quantitative estimate of drug-likeness (QED) is 0.373. The molecule has 33 heavy (non-hydrogen) atoms. The molecule has 0 spiro atoms. The molecule has 5 aromatic heterocycles. The fraction of sp³-hybridized carbons (Fsp3) is 0.136. The lowest BCUT2D eigenvalue weighted by atomic mass is 9.99. The van der Waals surface area contributed by atoms with Gasteiger partial charge in [0, 0.05) is 23.5 Å². The minimum atomic E-state index is -0.577. The molecule has 166 valence electrons. The minimum Gasteiger partial charge on any atom is -0.494 e. The van der Waals surface area contributed by atoms with Gasteiger partial charge in [0.1, 0.15) is 11.3 Å². The predicted molar refractivity (Wildman–Crippen MR) is 119 cm³/mol. The summed E-state index contributed by atoms with van der Waals surface area (Å²) in [5.41, 5.74) is 2.66. The Hall–Kier alpha value is -4.12. The average Bonchev–Trinajstić information content (AvgIpc) is 3.53. The Morgan fingerprint density at radius 3 is 2.70 bits per heavy atom. The summed E-state index contributed by atoms with van der Waals surface area (Å²) in [6.45, 7) is 3.29. The summed E-state index contributed by atoms with van der Waals surface area (Å²) in [4.78, 5) is 21.3. The van der Waals surface area contributed by atoms with Gasteiger partial charge in [0.05, 0.1) is 30.1 Å². The fourth-order valence-electron chi connectivity index (χ4n) is 3.32. The van der Waals surface area contributed by atoms with E-state index in [0.29, 0.717) is 28.2 Å². The van der Waals surface area contributed by atoms with Gasteiger partial charge < -0.3 is 13.9 Å². The molecule has 0 saturated heterocycles. The van der Waals surface area contributed by atoms with Gasteiger partial charge in [0.25, 0.3) is 5.91 Å². The minimum absolute atomic E-state index is 0.132. The lowest BCUT2D eigenvalue weighted by Gasteiger charge is -2.14. The number of pyridine rings is 2. The number of nitrogens with zero attached hydrogens (tertiary/aromatic N) is 4. The van der Waals surface area contributed by atoms with Crippen LogP contribution in [0.4, 0.5) is 9.52 Å². The molecule has 0 aliphatic rings. The van der Waals surface area contributed by atoms with E-state index in [4.69, 9.17) is 13.9 Å². The van der Waals surface area contributed by atoms with Gasteiger partial charge in [-0.2, -0.15) is 0 Å². The van der Waals surface area contributed by atoms with Crippen molar-refractivity contribution in [2.75, 3.05) is 12.4 Å². The molecule has 0 radical (unpaired) electrons. The molecule has 0 fully saturated rings. The van der Waals surface area contributed by atoms with Crippen LogP contribution in [-0.2, 0) is 0 Å². The second kappa shape index (κ2) is 8.10. The molecule has 5 aromatic rings. The van der Waals surface area contributed by atoms with Crippen molar-refractivity contribution in [2.45, 2.75) is 13.8 Å². The van der Waals surface area contributed by atoms with Gasteiger partial charge in [-0.15, -0.1) is 5.10 Å². The molecular weight excluding hydrogens is 449 g/mol. The zero-order chi connectivity index (χ0) is 23.1. The van der Waals surface area contributed by atoms with Crippen LogP contribution in [0.25, 0.3) is 22.3 Å². The van der Waals surface area contributed by atoms with E-state index in [9.17, 15) is 4.79 Å². The Balaban J connectivity index is 1.44. The standard InChI is InChI=1S/C22H16FN5O4S/c1-10-6-13(18-17(30-3)9-25-11(2)19(18)23)14(8-24-10)20(29)26-21-27-28-22(33-21)32-16-7-12-4-5-15(16)31-12/h4-9H,1-3H3,(H,26,27,29). The van der Waals surface area contributed by atoms with Crippen molar-refractivity contribution in [3.8, 4) is 27.8 Å². The number of carbonyl (C=O) groups is 1. The zero-order valence-electron chi connectivity index (χ0n) is 17.7. The summed E-state index contributed by atoms with van der Waals surface area (Å²) < 4.78 is 31.5. The van der Waals surface area contributed by atoms with Gasteiger partial charge >= 0.3 is 5.19 Å². The highest BCUT2D eigenvalue weighted by molar-refractivity contribution is 7.17. The van der Waals surface area contributed by atoms with E-state index < -0.39 is 11.7 Å². The SMILES string of the molecule is COc1cnc(C)c(F)c1-c1cc(C)ncc1C(=O)Nc1nnc(Oc2cc3ccc2o3)s1. The fourth-order valence-corrected chi connectivity index (χ4v) is 3.93. The number of furan rings is 2. The highest BCUT2D eigenvalue weighted by Gasteiger charge is 2.23. The summed E-state index contributed by atoms with van der Waals surface area (Å²) in [5.74, 6) is -0.393. The first kappa shape index (κ1) is 20.8. The third-order valence-corrected chi connectivity index (χ3v) is 5.62.